The van der Waals surface area contributed by atoms with Crippen LogP contribution in [0.1, 0.15) is 6.92 Å². The van der Waals surface area contributed by atoms with Crippen LogP contribution in [0.4, 0.5) is 0 Å². The lowest BCUT2D eigenvalue weighted by molar-refractivity contribution is -0.117. The fourth-order valence-corrected chi connectivity index (χ4v) is 0.997. The zero-order chi connectivity index (χ0) is 8.27. The molecule has 0 spiro atoms. The predicted octanol–water partition coefficient (Wildman–Crippen LogP) is -0.0417. The molecule has 0 aliphatic heterocycles. The van der Waals surface area contributed by atoms with Gasteiger partial charge in [0.25, 0.3) is 0 Å². The molecule has 1 N–H and O–H groups in total. The normalized spacial score (nSPS) is 9.64. The third-order valence-corrected chi connectivity index (χ3v) is 1.90. The van der Waals surface area contributed by atoms with Crippen molar-refractivity contribution in [2.24, 2.45) is 7.05 Å². The van der Waals surface area contributed by atoms with Gasteiger partial charge in [0.2, 0.25) is 11.1 Å². The molecule has 0 saturated carbocycles. The fraction of sp³-hybridized carbons (Fsp3) is 0.400. The second-order valence-corrected chi connectivity index (χ2v) is 2.76. The molecule has 0 fully saturated rings. The van der Waals surface area contributed by atoms with Crippen molar-refractivity contribution < 1.29 is 4.79 Å². The average Bonchev–Trinajstić information content (AvgIpc) is 2.31. The highest BCUT2D eigenvalue weighted by Gasteiger charge is 2.00. The van der Waals surface area contributed by atoms with Crippen molar-refractivity contribution in [3.63, 3.8) is 0 Å². The Bertz CT molecular complexity index is 259. The summed E-state index contributed by atoms with van der Waals surface area (Å²) < 4.78 is 4.27. The Kier molecular flexibility index (Phi) is 2.48. The molecule has 0 radical (unpaired) electrons. The lowest BCUT2D eigenvalue weighted by atomic mass is 10.8. The molecule has 60 valence electrons. The number of nitrogens with zero attached hydrogens (tertiary/aromatic N) is 3. The van der Waals surface area contributed by atoms with Gasteiger partial charge in [0.15, 0.2) is 0 Å². The van der Waals surface area contributed by atoms with Gasteiger partial charge in [0.1, 0.15) is 6.33 Å². The Labute approximate surface area is 68.3 Å². The molecule has 1 rings (SSSR count). The lowest BCUT2D eigenvalue weighted by Crippen LogP contribution is -2.11. The third-order valence-electron chi connectivity index (χ3n) is 0.956. The molecule has 1 amide bonds. The first kappa shape index (κ1) is 8.06. The van der Waals surface area contributed by atoms with Gasteiger partial charge < -0.3 is 4.57 Å². The van der Waals surface area contributed by atoms with Crippen molar-refractivity contribution in [3.8, 4) is 0 Å². The summed E-state index contributed by atoms with van der Waals surface area (Å²) >= 11 is 1.15. The summed E-state index contributed by atoms with van der Waals surface area (Å²) in [6.45, 7) is 1.45. The molecule has 0 aliphatic carbocycles. The smallest absolute Gasteiger partial charge is 0.227 e. The minimum atomic E-state index is -0.0991. The van der Waals surface area contributed by atoms with Crippen molar-refractivity contribution in [2.45, 2.75) is 12.1 Å². The van der Waals surface area contributed by atoms with Crippen molar-refractivity contribution in [3.05, 3.63) is 6.33 Å². The Morgan fingerprint density at radius 1 is 1.82 bits per heavy atom. The third kappa shape index (κ3) is 2.23. The van der Waals surface area contributed by atoms with Crippen LogP contribution < -0.4 is 4.72 Å². The van der Waals surface area contributed by atoms with E-state index in [1.807, 2.05) is 7.05 Å². The molecule has 11 heavy (non-hydrogen) atoms. The van der Waals surface area contributed by atoms with E-state index in [2.05, 4.69) is 14.9 Å². The van der Waals surface area contributed by atoms with E-state index in [0.29, 0.717) is 5.16 Å². The van der Waals surface area contributed by atoms with Crippen LogP contribution >= 0.6 is 11.9 Å². The zero-order valence-electron chi connectivity index (χ0n) is 6.24. The van der Waals surface area contributed by atoms with Crippen LogP contribution in [0.2, 0.25) is 0 Å². The Morgan fingerprint density at radius 3 is 3.00 bits per heavy atom. The van der Waals surface area contributed by atoms with Crippen LogP contribution in [0.25, 0.3) is 0 Å². The van der Waals surface area contributed by atoms with E-state index >= 15 is 0 Å². The van der Waals surface area contributed by atoms with Gasteiger partial charge in [-0.25, -0.2) is 0 Å². The molecule has 0 bridgehead atoms. The molecule has 0 atom stereocenters. The van der Waals surface area contributed by atoms with Crippen LogP contribution in [0.3, 0.4) is 0 Å². The Hall–Kier alpha value is -1.04. The molecular weight excluding hydrogens is 164 g/mol. The number of carbonyl (C=O) groups is 1. The SMILES string of the molecule is CC(=O)NSc1nncn1C. The Morgan fingerprint density at radius 2 is 2.55 bits per heavy atom. The number of nitrogens with one attached hydrogen (secondary N) is 1. The first-order chi connectivity index (χ1) is 5.20. The van der Waals surface area contributed by atoms with E-state index in [1.165, 1.54) is 6.92 Å². The van der Waals surface area contributed by atoms with Crippen LogP contribution in [-0.2, 0) is 11.8 Å². The van der Waals surface area contributed by atoms with E-state index in [9.17, 15) is 4.79 Å². The van der Waals surface area contributed by atoms with Gasteiger partial charge in [-0.2, -0.15) is 0 Å². The summed E-state index contributed by atoms with van der Waals surface area (Å²) in [4.78, 5) is 10.5. The molecule has 0 saturated heterocycles. The highest BCUT2D eigenvalue weighted by molar-refractivity contribution is 7.97. The van der Waals surface area contributed by atoms with E-state index in [1.54, 1.807) is 10.9 Å². The van der Waals surface area contributed by atoms with Crippen LogP contribution in [0.5, 0.6) is 0 Å². The predicted molar refractivity (Wildman–Crippen MR) is 40.7 cm³/mol. The number of hydrogen-bond acceptors (Lipinski definition) is 4. The molecule has 6 heteroatoms. The number of rotatable bonds is 2. The number of amides is 1. The van der Waals surface area contributed by atoms with Crippen molar-refractivity contribution in [1.82, 2.24) is 19.5 Å². The maximum absolute atomic E-state index is 10.5. The first-order valence-electron chi connectivity index (χ1n) is 2.97. The monoisotopic (exact) mass is 172 g/mol. The maximum atomic E-state index is 10.5. The van der Waals surface area contributed by atoms with Crippen molar-refractivity contribution in [2.75, 3.05) is 0 Å². The summed E-state index contributed by atoms with van der Waals surface area (Å²) in [6.07, 6.45) is 1.57. The standard InChI is InChI=1S/C5H8N4OS/c1-4(10)8-11-5-7-6-3-9(5)2/h3H,1-2H3,(H,8,10). The van der Waals surface area contributed by atoms with E-state index < -0.39 is 0 Å². The largest absolute Gasteiger partial charge is 0.310 e. The minimum Gasteiger partial charge on any atom is -0.310 e. The van der Waals surface area contributed by atoms with E-state index in [-0.39, 0.29) is 5.91 Å². The molecule has 0 aliphatic rings. The van der Waals surface area contributed by atoms with Gasteiger partial charge in [0.05, 0.1) is 0 Å². The van der Waals surface area contributed by atoms with E-state index in [0.717, 1.165) is 11.9 Å². The zero-order valence-corrected chi connectivity index (χ0v) is 7.05. The summed E-state index contributed by atoms with van der Waals surface area (Å²) in [5, 5.41) is 8.06. The molecule has 1 aromatic heterocycles. The van der Waals surface area contributed by atoms with Crippen LogP contribution in [0.15, 0.2) is 11.5 Å². The van der Waals surface area contributed by atoms with Gasteiger partial charge in [-0.3, -0.25) is 9.52 Å². The molecule has 5 nitrogen and oxygen atoms in total. The van der Waals surface area contributed by atoms with Gasteiger partial charge in [0, 0.05) is 25.9 Å². The molecule has 1 heterocycles. The van der Waals surface area contributed by atoms with Crippen molar-refractivity contribution >= 4 is 17.9 Å². The van der Waals surface area contributed by atoms with E-state index in [4.69, 9.17) is 0 Å². The molecular formula is C5H8N4OS. The minimum absolute atomic E-state index is 0.0991. The van der Waals surface area contributed by atoms with Crippen molar-refractivity contribution in [1.29, 1.82) is 0 Å². The average molecular weight is 172 g/mol. The van der Waals surface area contributed by atoms with Gasteiger partial charge >= 0.3 is 0 Å². The van der Waals surface area contributed by atoms with Gasteiger partial charge in [-0.1, -0.05) is 0 Å². The van der Waals surface area contributed by atoms with Crippen LogP contribution in [-0.4, -0.2) is 20.7 Å². The Balaban J connectivity index is 2.51. The first-order valence-corrected chi connectivity index (χ1v) is 3.79. The summed E-state index contributed by atoms with van der Waals surface area (Å²) in [5.41, 5.74) is 0. The highest BCUT2D eigenvalue weighted by atomic mass is 32.2. The second kappa shape index (κ2) is 3.38. The molecule has 1 aromatic rings. The van der Waals surface area contributed by atoms with Crippen LogP contribution in [0, 0.1) is 0 Å². The lowest BCUT2D eigenvalue weighted by Gasteiger charge is -1.97. The van der Waals surface area contributed by atoms with Gasteiger partial charge in [-0.15, -0.1) is 10.2 Å². The molecule has 0 aromatic carbocycles. The highest BCUT2D eigenvalue weighted by Crippen LogP contribution is 2.07. The number of aromatic nitrogens is 3. The maximum Gasteiger partial charge on any atom is 0.227 e. The number of carbonyl (C=O) groups excluding carboxylic acids is 1. The number of aryl methyl sites for hydroxylation is 1. The second-order valence-electron chi connectivity index (χ2n) is 1.98. The van der Waals surface area contributed by atoms with Gasteiger partial charge in [-0.05, 0) is 0 Å². The fourth-order valence-electron chi connectivity index (χ4n) is 0.483. The quantitative estimate of drug-likeness (QED) is 0.636. The summed E-state index contributed by atoms with van der Waals surface area (Å²) in [5.74, 6) is -0.0991. The topological polar surface area (TPSA) is 59.8 Å². The summed E-state index contributed by atoms with van der Waals surface area (Å²) in [6, 6.07) is 0. The number of hydrogen-bond donors (Lipinski definition) is 1. The summed E-state index contributed by atoms with van der Waals surface area (Å²) in [7, 11) is 1.81. The molecule has 0 unspecified atom stereocenters.